The number of carbonyl (C=O) groups is 2. The van der Waals surface area contributed by atoms with Crippen LogP contribution in [0.3, 0.4) is 0 Å². The van der Waals surface area contributed by atoms with Gasteiger partial charge in [0.05, 0.1) is 5.92 Å². The Morgan fingerprint density at radius 3 is 2.62 bits per heavy atom. The summed E-state index contributed by atoms with van der Waals surface area (Å²) in [5, 5.41) is 9.79. The van der Waals surface area contributed by atoms with E-state index in [1.807, 2.05) is 25.1 Å². The van der Waals surface area contributed by atoms with Gasteiger partial charge in [-0.1, -0.05) is 37.3 Å². The zero-order chi connectivity index (χ0) is 17.2. The molecular formula is C19H26N2O3. The van der Waals surface area contributed by atoms with Crippen LogP contribution in [0.1, 0.15) is 25.3 Å². The molecule has 1 aromatic carbocycles. The summed E-state index contributed by atoms with van der Waals surface area (Å²) in [5.74, 6) is -1.16. The van der Waals surface area contributed by atoms with E-state index < -0.39 is 11.4 Å². The number of hydrogen-bond acceptors (Lipinski definition) is 3. The Labute approximate surface area is 143 Å². The largest absolute Gasteiger partial charge is 0.481 e. The van der Waals surface area contributed by atoms with E-state index in [0.29, 0.717) is 26.2 Å². The molecule has 1 amide bonds. The quantitative estimate of drug-likeness (QED) is 0.829. The number of carbonyl (C=O) groups excluding carboxylic acids is 1. The van der Waals surface area contributed by atoms with E-state index >= 15 is 0 Å². The monoisotopic (exact) mass is 330 g/mol. The molecule has 2 heterocycles. The first kappa shape index (κ1) is 17.0. The number of amides is 1. The molecule has 2 atom stereocenters. The number of benzene rings is 1. The van der Waals surface area contributed by atoms with Crippen molar-refractivity contribution >= 4 is 11.9 Å². The van der Waals surface area contributed by atoms with Gasteiger partial charge in [0.2, 0.25) is 5.91 Å². The number of carboxylic acids is 1. The SMILES string of the molecule is CCCN1C[C@@]2(C(=O)O)CN(CCCc3ccccc3)C[C@H]2C1=O. The molecule has 5 heteroatoms. The van der Waals surface area contributed by atoms with Gasteiger partial charge in [0, 0.05) is 26.2 Å². The number of carboxylic acid groups (broad SMARTS) is 1. The third-order valence-corrected chi connectivity index (χ3v) is 5.40. The third-order valence-electron chi connectivity index (χ3n) is 5.40. The first-order valence-corrected chi connectivity index (χ1v) is 8.85. The summed E-state index contributed by atoms with van der Waals surface area (Å²) in [7, 11) is 0. The van der Waals surface area contributed by atoms with Gasteiger partial charge in [0.25, 0.3) is 0 Å². The number of hydrogen-bond donors (Lipinski definition) is 1. The Kier molecular flexibility index (Phi) is 4.90. The van der Waals surface area contributed by atoms with E-state index in [2.05, 4.69) is 17.0 Å². The Hall–Kier alpha value is -1.88. The second-order valence-corrected chi connectivity index (χ2v) is 7.10. The predicted octanol–water partition coefficient (Wildman–Crippen LogP) is 1.87. The van der Waals surface area contributed by atoms with Crippen molar-refractivity contribution in [2.24, 2.45) is 11.3 Å². The van der Waals surface area contributed by atoms with Crippen molar-refractivity contribution in [2.75, 3.05) is 32.7 Å². The summed E-state index contributed by atoms with van der Waals surface area (Å²) in [6.45, 7) is 4.98. The predicted molar refractivity (Wildman–Crippen MR) is 91.6 cm³/mol. The summed E-state index contributed by atoms with van der Waals surface area (Å²) in [6.07, 6.45) is 2.84. The molecule has 24 heavy (non-hydrogen) atoms. The first-order chi connectivity index (χ1) is 11.6. The van der Waals surface area contributed by atoms with Crippen molar-refractivity contribution in [3.8, 4) is 0 Å². The smallest absolute Gasteiger partial charge is 0.313 e. The number of aryl methyl sites for hydroxylation is 1. The summed E-state index contributed by atoms with van der Waals surface area (Å²) in [4.78, 5) is 28.4. The minimum absolute atomic E-state index is 0.0322. The fourth-order valence-corrected chi connectivity index (χ4v) is 4.19. The van der Waals surface area contributed by atoms with Gasteiger partial charge in [-0.3, -0.25) is 9.59 Å². The Morgan fingerprint density at radius 1 is 1.25 bits per heavy atom. The molecule has 2 fully saturated rings. The lowest BCUT2D eigenvalue weighted by atomic mass is 9.81. The van der Waals surface area contributed by atoms with Crippen LogP contribution in [0.2, 0.25) is 0 Å². The third kappa shape index (κ3) is 3.05. The van der Waals surface area contributed by atoms with Crippen molar-refractivity contribution in [3.63, 3.8) is 0 Å². The molecule has 0 radical (unpaired) electrons. The molecule has 1 N–H and O–H groups in total. The number of fused-ring (bicyclic) bond motifs is 1. The molecule has 1 aromatic rings. The molecule has 0 saturated carbocycles. The second-order valence-electron chi connectivity index (χ2n) is 7.10. The van der Waals surface area contributed by atoms with Crippen LogP contribution in [0, 0.1) is 11.3 Å². The molecule has 130 valence electrons. The van der Waals surface area contributed by atoms with Gasteiger partial charge in [-0.15, -0.1) is 0 Å². The lowest BCUT2D eigenvalue weighted by Gasteiger charge is -2.25. The highest BCUT2D eigenvalue weighted by Gasteiger charge is 2.61. The van der Waals surface area contributed by atoms with E-state index in [1.165, 1.54) is 5.56 Å². The van der Waals surface area contributed by atoms with Crippen LogP contribution in [-0.4, -0.2) is 59.5 Å². The van der Waals surface area contributed by atoms with E-state index in [4.69, 9.17) is 0 Å². The average molecular weight is 330 g/mol. The molecule has 3 rings (SSSR count). The molecule has 0 aliphatic carbocycles. The van der Waals surface area contributed by atoms with Gasteiger partial charge in [0.1, 0.15) is 5.41 Å². The summed E-state index contributed by atoms with van der Waals surface area (Å²) in [6, 6.07) is 10.3. The van der Waals surface area contributed by atoms with Crippen LogP contribution in [0.25, 0.3) is 0 Å². The summed E-state index contributed by atoms with van der Waals surface area (Å²) >= 11 is 0. The van der Waals surface area contributed by atoms with E-state index in [0.717, 1.165) is 25.8 Å². The molecule has 0 bridgehead atoms. The van der Waals surface area contributed by atoms with Crippen molar-refractivity contribution < 1.29 is 14.7 Å². The minimum atomic E-state index is -0.904. The topological polar surface area (TPSA) is 60.9 Å². The van der Waals surface area contributed by atoms with Gasteiger partial charge in [0.15, 0.2) is 0 Å². The van der Waals surface area contributed by atoms with E-state index in [1.54, 1.807) is 4.90 Å². The van der Waals surface area contributed by atoms with Crippen molar-refractivity contribution in [3.05, 3.63) is 35.9 Å². The Balaban J connectivity index is 1.60. The van der Waals surface area contributed by atoms with Gasteiger partial charge in [-0.2, -0.15) is 0 Å². The van der Waals surface area contributed by atoms with Crippen LogP contribution in [0.15, 0.2) is 30.3 Å². The van der Waals surface area contributed by atoms with Crippen LogP contribution >= 0.6 is 0 Å². The lowest BCUT2D eigenvalue weighted by molar-refractivity contribution is -0.149. The molecule has 0 unspecified atom stereocenters. The fraction of sp³-hybridized carbons (Fsp3) is 0.579. The number of aliphatic carboxylic acids is 1. The number of likely N-dealkylation sites (tertiary alicyclic amines) is 2. The lowest BCUT2D eigenvalue weighted by Crippen LogP contribution is -2.41. The molecule has 2 saturated heterocycles. The summed E-state index contributed by atoms with van der Waals surface area (Å²) < 4.78 is 0. The van der Waals surface area contributed by atoms with Gasteiger partial charge in [-0.05, 0) is 31.4 Å². The minimum Gasteiger partial charge on any atom is -0.481 e. The van der Waals surface area contributed by atoms with Crippen LogP contribution in [0.4, 0.5) is 0 Å². The molecule has 0 aromatic heterocycles. The second kappa shape index (κ2) is 6.93. The Bertz CT molecular complexity index is 604. The molecule has 0 spiro atoms. The molecule has 5 nitrogen and oxygen atoms in total. The van der Waals surface area contributed by atoms with Gasteiger partial charge in [-0.25, -0.2) is 0 Å². The zero-order valence-electron chi connectivity index (χ0n) is 14.3. The summed E-state index contributed by atoms with van der Waals surface area (Å²) in [5.41, 5.74) is 0.397. The van der Waals surface area contributed by atoms with Gasteiger partial charge < -0.3 is 14.9 Å². The van der Waals surface area contributed by atoms with Crippen molar-refractivity contribution in [2.45, 2.75) is 26.2 Å². The van der Waals surface area contributed by atoms with Crippen LogP contribution in [-0.2, 0) is 16.0 Å². The maximum atomic E-state index is 12.6. The highest BCUT2D eigenvalue weighted by molar-refractivity contribution is 5.92. The molecule has 2 aliphatic rings. The highest BCUT2D eigenvalue weighted by atomic mass is 16.4. The normalized spacial score (nSPS) is 26.8. The average Bonchev–Trinajstić information content (AvgIpc) is 3.05. The fourth-order valence-electron chi connectivity index (χ4n) is 4.19. The first-order valence-electron chi connectivity index (χ1n) is 8.85. The zero-order valence-corrected chi connectivity index (χ0v) is 14.3. The van der Waals surface area contributed by atoms with Gasteiger partial charge >= 0.3 is 5.97 Å². The van der Waals surface area contributed by atoms with Crippen LogP contribution < -0.4 is 0 Å². The standard InChI is InChI=1S/C19H26N2O3/c1-2-10-21-14-19(18(23)24)13-20(12-16(19)17(21)22)11-6-9-15-7-4-3-5-8-15/h3-5,7-8,16H,2,6,9-14H2,1H3,(H,23,24)/t16-,19-/m0/s1. The van der Waals surface area contributed by atoms with E-state index in [9.17, 15) is 14.7 Å². The maximum Gasteiger partial charge on any atom is 0.313 e. The molecular weight excluding hydrogens is 304 g/mol. The highest BCUT2D eigenvalue weighted by Crippen LogP contribution is 2.43. The maximum absolute atomic E-state index is 12.6. The van der Waals surface area contributed by atoms with E-state index in [-0.39, 0.29) is 11.8 Å². The van der Waals surface area contributed by atoms with Crippen molar-refractivity contribution in [1.82, 2.24) is 9.80 Å². The number of rotatable bonds is 7. The number of nitrogens with zero attached hydrogens (tertiary/aromatic N) is 2. The molecule has 2 aliphatic heterocycles. The van der Waals surface area contributed by atoms with Crippen molar-refractivity contribution in [1.29, 1.82) is 0 Å². The van der Waals surface area contributed by atoms with Crippen LogP contribution in [0.5, 0.6) is 0 Å². The Morgan fingerprint density at radius 2 is 2.00 bits per heavy atom.